The summed E-state index contributed by atoms with van der Waals surface area (Å²) in [5.41, 5.74) is 1.03. The molecule has 1 aliphatic rings. The fraction of sp³-hybridized carbons (Fsp3) is 0.438. The van der Waals surface area contributed by atoms with Gasteiger partial charge in [-0.2, -0.15) is 0 Å². The molecule has 0 bridgehead atoms. The van der Waals surface area contributed by atoms with Crippen LogP contribution in [0.5, 0.6) is 0 Å². The van der Waals surface area contributed by atoms with Gasteiger partial charge in [-0.3, -0.25) is 4.98 Å². The molecule has 1 saturated heterocycles. The van der Waals surface area contributed by atoms with Gasteiger partial charge in [0.25, 0.3) is 0 Å². The number of pyridine rings is 1. The second kappa shape index (κ2) is 5.73. The summed E-state index contributed by atoms with van der Waals surface area (Å²) in [4.78, 5) is 4.19. The third-order valence-electron chi connectivity index (χ3n) is 4.36. The molecule has 2 unspecified atom stereocenters. The van der Waals surface area contributed by atoms with E-state index in [2.05, 4.69) is 10.3 Å². The van der Waals surface area contributed by atoms with E-state index in [4.69, 9.17) is 0 Å². The molecular formula is C16H20N2O2S. The minimum Gasteiger partial charge on any atom is -0.312 e. The Labute approximate surface area is 125 Å². The number of benzene rings is 1. The molecule has 0 amide bonds. The van der Waals surface area contributed by atoms with Crippen LogP contribution in [0.4, 0.5) is 0 Å². The van der Waals surface area contributed by atoms with Crippen molar-refractivity contribution >= 4 is 20.6 Å². The lowest BCUT2D eigenvalue weighted by Gasteiger charge is -2.30. The van der Waals surface area contributed by atoms with E-state index in [9.17, 15) is 8.42 Å². The van der Waals surface area contributed by atoms with E-state index in [-0.39, 0.29) is 11.3 Å². The minimum atomic E-state index is -3.03. The van der Waals surface area contributed by atoms with Crippen molar-refractivity contribution in [2.45, 2.75) is 30.6 Å². The van der Waals surface area contributed by atoms with Gasteiger partial charge in [-0.1, -0.05) is 24.6 Å². The Bertz CT molecular complexity index is 738. The van der Waals surface area contributed by atoms with Crippen LogP contribution >= 0.6 is 0 Å². The van der Waals surface area contributed by atoms with Crippen LogP contribution in [0.2, 0.25) is 0 Å². The highest BCUT2D eigenvalue weighted by Gasteiger charge is 2.36. The highest BCUT2D eigenvalue weighted by molar-refractivity contribution is 7.92. The lowest BCUT2D eigenvalue weighted by molar-refractivity contribution is 0.471. The van der Waals surface area contributed by atoms with Gasteiger partial charge in [0, 0.05) is 23.8 Å². The fourth-order valence-electron chi connectivity index (χ4n) is 3.30. The van der Waals surface area contributed by atoms with Gasteiger partial charge < -0.3 is 5.32 Å². The highest BCUT2D eigenvalue weighted by Crippen LogP contribution is 2.33. The average Bonchev–Trinajstić information content (AvgIpc) is 2.49. The minimum absolute atomic E-state index is 0.178. The van der Waals surface area contributed by atoms with Gasteiger partial charge in [0.05, 0.1) is 11.0 Å². The Morgan fingerprint density at radius 1 is 1.29 bits per heavy atom. The highest BCUT2D eigenvalue weighted by atomic mass is 32.2. The maximum atomic E-state index is 12.4. The molecule has 1 aliphatic heterocycles. The number of rotatable bonds is 3. The standard InChI is InChI=1S/C16H20N2O2S/c1-17-16(15-7-2-3-10-21(15,19)20)13-6-4-5-12-8-9-18-11-14(12)13/h4-6,8-9,11,15-17H,2-3,7,10H2,1H3. The lowest BCUT2D eigenvalue weighted by atomic mass is 9.95. The number of fused-ring (bicyclic) bond motifs is 1. The van der Waals surface area contributed by atoms with E-state index < -0.39 is 9.84 Å². The van der Waals surface area contributed by atoms with Crippen molar-refractivity contribution in [2.24, 2.45) is 0 Å². The summed E-state index contributed by atoms with van der Waals surface area (Å²) in [5, 5.41) is 5.00. The average molecular weight is 304 g/mol. The van der Waals surface area contributed by atoms with Gasteiger partial charge in [-0.05, 0) is 36.9 Å². The molecule has 1 fully saturated rings. The predicted octanol–water partition coefficient (Wildman–Crippen LogP) is 2.46. The SMILES string of the molecule is CNC(c1cccc2ccncc12)C1CCCCS1(=O)=O. The number of sulfone groups is 1. The van der Waals surface area contributed by atoms with Crippen molar-refractivity contribution in [3.63, 3.8) is 0 Å². The summed E-state index contributed by atoms with van der Waals surface area (Å²) in [7, 11) is -1.20. The summed E-state index contributed by atoms with van der Waals surface area (Å²) in [5.74, 6) is 0.304. The first-order valence-electron chi connectivity index (χ1n) is 7.35. The third kappa shape index (κ3) is 2.68. The van der Waals surface area contributed by atoms with E-state index in [1.807, 2.05) is 37.5 Å². The zero-order chi connectivity index (χ0) is 14.9. The van der Waals surface area contributed by atoms with E-state index in [1.54, 1.807) is 6.20 Å². The number of aromatic nitrogens is 1. The third-order valence-corrected chi connectivity index (χ3v) is 6.65. The Balaban J connectivity index is 2.10. The number of hydrogen-bond acceptors (Lipinski definition) is 4. The summed E-state index contributed by atoms with van der Waals surface area (Å²) in [6.07, 6.45) is 6.07. The molecule has 0 saturated carbocycles. The van der Waals surface area contributed by atoms with Crippen molar-refractivity contribution in [3.05, 3.63) is 42.2 Å². The zero-order valence-corrected chi connectivity index (χ0v) is 12.9. The summed E-state index contributed by atoms with van der Waals surface area (Å²) in [6, 6.07) is 7.80. The van der Waals surface area contributed by atoms with Gasteiger partial charge in [0.1, 0.15) is 0 Å². The Kier molecular flexibility index (Phi) is 3.95. The molecule has 1 N–H and O–H groups in total. The molecule has 2 atom stereocenters. The fourth-order valence-corrected chi connectivity index (χ4v) is 5.44. The van der Waals surface area contributed by atoms with E-state index >= 15 is 0 Å². The van der Waals surface area contributed by atoms with Crippen LogP contribution in [0.1, 0.15) is 30.9 Å². The first kappa shape index (κ1) is 14.5. The largest absolute Gasteiger partial charge is 0.312 e. The first-order chi connectivity index (χ1) is 10.1. The van der Waals surface area contributed by atoms with Gasteiger partial charge in [-0.15, -0.1) is 0 Å². The Morgan fingerprint density at radius 2 is 2.14 bits per heavy atom. The smallest absolute Gasteiger partial charge is 0.155 e. The van der Waals surface area contributed by atoms with Crippen LogP contribution in [0.3, 0.4) is 0 Å². The van der Waals surface area contributed by atoms with Gasteiger partial charge in [0.15, 0.2) is 9.84 Å². The molecule has 5 heteroatoms. The monoisotopic (exact) mass is 304 g/mol. The van der Waals surface area contributed by atoms with Crippen molar-refractivity contribution in [1.82, 2.24) is 10.3 Å². The zero-order valence-electron chi connectivity index (χ0n) is 12.1. The maximum absolute atomic E-state index is 12.4. The molecule has 2 heterocycles. The van der Waals surface area contributed by atoms with Gasteiger partial charge in [0.2, 0.25) is 0 Å². The molecule has 21 heavy (non-hydrogen) atoms. The molecule has 0 radical (unpaired) electrons. The lowest BCUT2D eigenvalue weighted by Crippen LogP contribution is -2.39. The van der Waals surface area contributed by atoms with E-state index in [0.717, 1.165) is 35.6 Å². The van der Waals surface area contributed by atoms with Crippen molar-refractivity contribution in [1.29, 1.82) is 0 Å². The first-order valence-corrected chi connectivity index (χ1v) is 9.06. The molecule has 1 aromatic heterocycles. The molecule has 112 valence electrons. The molecule has 4 nitrogen and oxygen atoms in total. The summed E-state index contributed by atoms with van der Waals surface area (Å²) >= 11 is 0. The van der Waals surface area contributed by atoms with Crippen molar-refractivity contribution in [2.75, 3.05) is 12.8 Å². The predicted molar refractivity (Wildman–Crippen MR) is 85.0 cm³/mol. The van der Waals surface area contributed by atoms with Crippen LogP contribution in [0.25, 0.3) is 10.8 Å². The molecule has 1 aromatic carbocycles. The number of nitrogens with zero attached hydrogens (tertiary/aromatic N) is 1. The second-order valence-corrected chi connectivity index (χ2v) is 7.95. The van der Waals surface area contributed by atoms with Gasteiger partial charge in [-0.25, -0.2) is 8.42 Å². The topological polar surface area (TPSA) is 59.1 Å². The molecule has 0 spiro atoms. The summed E-state index contributed by atoms with van der Waals surface area (Å²) in [6.45, 7) is 0. The second-order valence-electron chi connectivity index (χ2n) is 5.61. The molecule has 0 aliphatic carbocycles. The number of hydrogen-bond donors (Lipinski definition) is 1. The molecule has 2 aromatic rings. The molecular weight excluding hydrogens is 284 g/mol. The van der Waals surface area contributed by atoms with Crippen LogP contribution in [-0.4, -0.2) is 31.5 Å². The quantitative estimate of drug-likeness (QED) is 0.946. The van der Waals surface area contributed by atoms with Crippen molar-refractivity contribution in [3.8, 4) is 0 Å². The maximum Gasteiger partial charge on any atom is 0.155 e. The van der Waals surface area contributed by atoms with Crippen LogP contribution in [-0.2, 0) is 9.84 Å². The van der Waals surface area contributed by atoms with Crippen molar-refractivity contribution < 1.29 is 8.42 Å². The molecule has 3 rings (SSSR count). The van der Waals surface area contributed by atoms with Crippen LogP contribution < -0.4 is 5.32 Å². The number of nitrogens with one attached hydrogen (secondary N) is 1. The van der Waals surface area contributed by atoms with E-state index in [1.165, 1.54) is 0 Å². The van der Waals surface area contributed by atoms with Crippen LogP contribution in [0.15, 0.2) is 36.7 Å². The van der Waals surface area contributed by atoms with Gasteiger partial charge >= 0.3 is 0 Å². The normalized spacial score (nSPS) is 23.0. The van der Waals surface area contributed by atoms with E-state index in [0.29, 0.717) is 5.75 Å². The summed E-state index contributed by atoms with van der Waals surface area (Å²) < 4.78 is 24.9. The Hall–Kier alpha value is -1.46. The van der Waals surface area contributed by atoms with Crippen LogP contribution in [0, 0.1) is 0 Å². The Morgan fingerprint density at radius 3 is 2.90 bits per heavy atom.